The Balaban J connectivity index is 0.00000288. The maximum Gasteiger partial charge on any atom is 0.245 e. The lowest BCUT2D eigenvalue weighted by Gasteiger charge is -2.21. The summed E-state index contributed by atoms with van der Waals surface area (Å²) in [6.07, 6.45) is 1.40. The molecular formula is C16H21ClFN3O2S. The van der Waals surface area contributed by atoms with E-state index < -0.39 is 11.4 Å². The number of rotatable bonds is 6. The number of carbonyl (C=O) groups excluding carboxylic acids is 1. The molecule has 0 saturated heterocycles. The number of halogens is 2. The van der Waals surface area contributed by atoms with Gasteiger partial charge in [0, 0.05) is 10.9 Å². The van der Waals surface area contributed by atoms with Gasteiger partial charge in [0.15, 0.2) is 16.7 Å². The van der Waals surface area contributed by atoms with Crippen LogP contribution in [0.4, 0.5) is 9.52 Å². The van der Waals surface area contributed by atoms with Crippen molar-refractivity contribution in [2.24, 2.45) is 5.73 Å². The van der Waals surface area contributed by atoms with Crippen molar-refractivity contribution in [2.75, 3.05) is 12.4 Å². The minimum atomic E-state index is -0.938. The summed E-state index contributed by atoms with van der Waals surface area (Å²) in [4.78, 5) is 16.5. The van der Waals surface area contributed by atoms with E-state index in [9.17, 15) is 9.18 Å². The average Bonchev–Trinajstić information content (AvgIpc) is 2.95. The minimum Gasteiger partial charge on any atom is -0.494 e. The number of ether oxygens (including phenoxy) is 1. The second-order valence-corrected chi connectivity index (χ2v) is 6.37. The number of hydrogen-bond donors (Lipinski definition) is 2. The fourth-order valence-corrected chi connectivity index (χ4v) is 2.88. The highest BCUT2D eigenvalue weighted by Gasteiger charge is 2.27. The number of carbonyl (C=O) groups is 1. The van der Waals surface area contributed by atoms with Crippen molar-refractivity contribution in [1.29, 1.82) is 0 Å². The van der Waals surface area contributed by atoms with Gasteiger partial charge in [0.25, 0.3) is 0 Å². The first-order chi connectivity index (χ1) is 10.9. The van der Waals surface area contributed by atoms with Crippen LogP contribution in [-0.4, -0.2) is 23.5 Å². The zero-order chi connectivity index (χ0) is 17.0. The van der Waals surface area contributed by atoms with Gasteiger partial charge in [0.2, 0.25) is 5.91 Å². The number of anilines is 1. The Morgan fingerprint density at radius 1 is 1.50 bits per heavy atom. The summed E-state index contributed by atoms with van der Waals surface area (Å²) in [7, 11) is 1.41. The third-order valence-electron chi connectivity index (χ3n) is 3.46. The fourth-order valence-electron chi connectivity index (χ4n) is 2.16. The molecule has 2 aromatic rings. The monoisotopic (exact) mass is 373 g/mol. The molecule has 1 aromatic heterocycles. The fraction of sp³-hybridized carbons (Fsp3) is 0.375. The van der Waals surface area contributed by atoms with Crippen LogP contribution in [-0.2, 0) is 4.79 Å². The third-order valence-corrected chi connectivity index (χ3v) is 4.22. The second kappa shape index (κ2) is 8.41. The molecule has 1 amide bonds. The first-order valence-electron chi connectivity index (χ1n) is 7.27. The molecule has 0 aliphatic heterocycles. The van der Waals surface area contributed by atoms with E-state index in [4.69, 9.17) is 10.5 Å². The normalized spacial score (nSPS) is 12.9. The molecule has 0 spiro atoms. The molecule has 1 heterocycles. The molecule has 0 aliphatic rings. The van der Waals surface area contributed by atoms with Crippen LogP contribution in [0, 0.1) is 5.82 Å². The molecule has 0 bridgehead atoms. The van der Waals surface area contributed by atoms with Crippen molar-refractivity contribution in [2.45, 2.75) is 32.2 Å². The van der Waals surface area contributed by atoms with Crippen molar-refractivity contribution in [3.63, 3.8) is 0 Å². The smallest absolute Gasteiger partial charge is 0.245 e. The topological polar surface area (TPSA) is 77.2 Å². The summed E-state index contributed by atoms with van der Waals surface area (Å²) < 4.78 is 18.6. The van der Waals surface area contributed by atoms with Crippen LogP contribution in [0.5, 0.6) is 5.75 Å². The zero-order valence-corrected chi connectivity index (χ0v) is 15.4. The van der Waals surface area contributed by atoms with E-state index in [2.05, 4.69) is 10.3 Å². The maximum atomic E-state index is 13.8. The summed E-state index contributed by atoms with van der Waals surface area (Å²) >= 11 is 1.27. The Morgan fingerprint density at radius 2 is 2.21 bits per heavy atom. The Labute approximate surface area is 150 Å². The number of methoxy groups -OCH3 is 1. The van der Waals surface area contributed by atoms with Gasteiger partial charge in [0.1, 0.15) is 0 Å². The summed E-state index contributed by atoms with van der Waals surface area (Å²) in [5.41, 5.74) is 6.25. The van der Waals surface area contributed by atoms with Crippen LogP contribution in [0.15, 0.2) is 23.6 Å². The summed E-state index contributed by atoms with van der Waals surface area (Å²) in [6, 6.07) is 4.61. The molecule has 5 nitrogen and oxygen atoms in total. The molecule has 3 N–H and O–H groups in total. The number of benzene rings is 1. The van der Waals surface area contributed by atoms with Crippen molar-refractivity contribution in [1.82, 2.24) is 4.98 Å². The van der Waals surface area contributed by atoms with Gasteiger partial charge in [-0.15, -0.1) is 23.7 Å². The molecule has 1 aromatic carbocycles. The first-order valence-corrected chi connectivity index (χ1v) is 8.15. The van der Waals surface area contributed by atoms with Crippen LogP contribution >= 0.6 is 23.7 Å². The molecule has 0 fully saturated rings. The second-order valence-electron chi connectivity index (χ2n) is 5.51. The summed E-state index contributed by atoms with van der Waals surface area (Å²) in [5, 5.41) is 4.91. The Hall–Kier alpha value is -1.70. The lowest BCUT2D eigenvalue weighted by molar-refractivity contribution is -0.120. The summed E-state index contributed by atoms with van der Waals surface area (Å²) in [6.45, 7) is 3.66. The van der Waals surface area contributed by atoms with Gasteiger partial charge in [-0.2, -0.15) is 0 Å². The predicted octanol–water partition coefficient (Wildman–Crippen LogP) is 3.84. The quantitative estimate of drug-likeness (QED) is 0.806. The molecule has 0 saturated carbocycles. The van der Waals surface area contributed by atoms with E-state index in [1.54, 1.807) is 24.4 Å². The highest BCUT2D eigenvalue weighted by molar-refractivity contribution is 7.14. The zero-order valence-electron chi connectivity index (χ0n) is 13.8. The van der Waals surface area contributed by atoms with Crippen molar-refractivity contribution >= 4 is 34.8 Å². The number of aromatic nitrogens is 1. The van der Waals surface area contributed by atoms with Crippen LogP contribution in [0.2, 0.25) is 0 Å². The Kier molecular flexibility index (Phi) is 7.13. The standard InChI is InChI=1S/C16H20FN3O2S.ClH/c1-4-7-16(2,18)14(21)20-15-19-12(9-23-15)10-5-6-13(22-3)11(17)8-10;/h5-6,8-9H,4,7,18H2,1-3H3,(H,19,20,21);1H. The number of thiazole rings is 1. The largest absolute Gasteiger partial charge is 0.494 e. The van der Waals surface area contributed by atoms with Gasteiger partial charge in [-0.3, -0.25) is 4.79 Å². The van der Waals surface area contributed by atoms with Crippen LogP contribution < -0.4 is 15.8 Å². The van der Waals surface area contributed by atoms with Gasteiger partial charge in [-0.25, -0.2) is 9.37 Å². The minimum absolute atomic E-state index is 0. The van der Waals surface area contributed by atoms with E-state index in [0.717, 1.165) is 6.42 Å². The van der Waals surface area contributed by atoms with E-state index in [1.165, 1.54) is 24.5 Å². The number of amides is 1. The predicted molar refractivity (Wildman–Crippen MR) is 97.4 cm³/mol. The van der Waals surface area contributed by atoms with E-state index >= 15 is 0 Å². The molecule has 24 heavy (non-hydrogen) atoms. The van der Waals surface area contributed by atoms with Crippen LogP contribution in [0.25, 0.3) is 11.3 Å². The molecule has 2 rings (SSSR count). The van der Waals surface area contributed by atoms with Crippen LogP contribution in [0.3, 0.4) is 0 Å². The first kappa shape index (κ1) is 20.3. The van der Waals surface area contributed by atoms with Crippen molar-refractivity contribution in [3.8, 4) is 17.0 Å². The molecule has 0 radical (unpaired) electrons. The average molecular weight is 374 g/mol. The molecule has 132 valence electrons. The van der Waals surface area contributed by atoms with Crippen molar-refractivity contribution < 1.29 is 13.9 Å². The lowest BCUT2D eigenvalue weighted by atomic mass is 9.97. The van der Waals surface area contributed by atoms with Gasteiger partial charge in [0.05, 0.1) is 18.3 Å². The SMILES string of the molecule is CCCC(C)(N)C(=O)Nc1nc(-c2ccc(OC)c(F)c2)cs1.Cl. The Morgan fingerprint density at radius 3 is 2.79 bits per heavy atom. The van der Waals surface area contributed by atoms with Gasteiger partial charge >= 0.3 is 0 Å². The molecule has 8 heteroatoms. The van der Waals surface area contributed by atoms with E-state index in [-0.39, 0.29) is 24.1 Å². The number of nitrogens with zero attached hydrogens (tertiary/aromatic N) is 1. The van der Waals surface area contributed by atoms with E-state index in [0.29, 0.717) is 22.8 Å². The number of hydrogen-bond acceptors (Lipinski definition) is 5. The van der Waals surface area contributed by atoms with Gasteiger partial charge < -0.3 is 15.8 Å². The van der Waals surface area contributed by atoms with Crippen LogP contribution in [0.1, 0.15) is 26.7 Å². The summed E-state index contributed by atoms with van der Waals surface area (Å²) in [5.74, 6) is -0.557. The van der Waals surface area contributed by atoms with Gasteiger partial charge in [-0.1, -0.05) is 13.3 Å². The number of nitrogens with two attached hydrogens (primary N) is 1. The maximum absolute atomic E-state index is 13.8. The van der Waals surface area contributed by atoms with E-state index in [1.807, 2.05) is 6.92 Å². The Bertz CT molecular complexity index is 706. The highest BCUT2D eigenvalue weighted by Crippen LogP contribution is 2.28. The highest BCUT2D eigenvalue weighted by atomic mass is 35.5. The third kappa shape index (κ3) is 4.66. The lowest BCUT2D eigenvalue weighted by Crippen LogP contribution is -2.48. The molecule has 1 unspecified atom stereocenters. The molecule has 0 aliphatic carbocycles. The van der Waals surface area contributed by atoms with Gasteiger partial charge in [-0.05, 0) is 31.5 Å². The molecule has 1 atom stereocenters. The van der Waals surface area contributed by atoms with Crippen molar-refractivity contribution in [3.05, 3.63) is 29.4 Å². The molecular weight excluding hydrogens is 353 g/mol. The number of nitrogens with one attached hydrogen (secondary N) is 1.